The van der Waals surface area contributed by atoms with Gasteiger partial charge in [0.05, 0.1) is 22.0 Å². The van der Waals surface area contributed by atoms with Crippen LogP contribution >= 0.6 is 23.2 Å². The van der Waals surface area contributed by atoms with Crippen molar-refractivity contribution in [3.05, 3.63) is 52.0 Å². The van der Waals surface area contributed by atoms with Crippen LogP contribution < -0.4 is 19.1 Å². The molecule has 1 aliphatic heterocycles. The number of ether oxygens (including phenoxy) is 2. The summed E-state index contributed by atoms with van der Waals surface area (Å²) in [7, 11) is -3.88. The summed E-state index contributed by atoms with van der Waals surface area (Å²) < 4.78 is 37.8. The summed E-state index contributed by atoms with van der Waals surface area (Å²) in [5, 5.41) is 3.56. The Morgan fingerprint density at radius 1 is 1.03 bits per heavy atom. The second kappa shape index (κ2) is 13.4. The number of benzene rings is 2. The molecule has 0 aromatic heterocycles. The van der Waals surface area contributed by atoms with Crippen LogP contribution in [0.4, 0.5) is 5.69 Å². The highest BCUT2D eigenvalue weighted by Crippen LogP contribution is 2.35. The van der Waals surface area contributed by atoms with Crippen molar-refractivity contribution in [2.24, 2.45) is 0 Å². The van der Waals surface area contributed by atoms with Gasteiger partial charge < -0.3 is 19.7 Å². The van der Waals surface area contributed by atoms with Gasteiger partial charge in [0.1, 0.15) is 25.8 Å². The molecule has 1 atom stereocenters. The predicted molar refractivity (Wildman–Crippen MR) is 149 cm³/mol. The molecule has 3 rings (SSSR count). The lowest BCUT2D eigenvalue weighted by Gasteiger charge is -2.33. The summed E-state index contributed by atoms with van der Waals surface area (Å²) in [5.41, 5.74) is 0.901. The van der Waals surface area contributed by atoms with Crippen molar-refractivity contribution in [1.82, 2.24) is 10.2 Å². The van der Waals surface area contributed by atoms with Crippen LogP contribution in [0.25, 0.3) is 0 Å². The second-order valence-corrected chi connectivity index (χ2v) is 11.7. The maximum Gasteiger partial charge on any atom is 0.244 e. The first kappa shape index (κ1) is 29.9. The largest absolute Gasteiger partial charge is 0.486 e. The first-order valence-electron chi connectivity index (χ1n) is 12.4. The van der Waals surface area contributed by atoms with Crippen molar-refractivity contribution >= 4 is 50.7 Å². The number of anilines is 1. The summed E-state index contributed by atoms with van der Waals surface area (Å²) >= 11 is 12.3. The highest BCUT2D eigenvalue weighted by molar-refractivity contribution is 7.92. The number of amides is 2. The number of unbranched alkanes of at least 4 members (excludes halogenated alkanes) is 1. The maximum absolute atomic E-state index is 13.8. The number of nitrogens with zero attached hydrogens (tertiary/aromatic N) is 2. The molecule has 1 aliphatic rings. The van der Waals surface area contributed by atoms with E-state index in [0.29, 0.717) is 53.3 Å². The number of hydrogen-bond acceptors (Lipinski definition) is 6. The van der Waals surface area contributed by atoms with Gasteiger partial charge in [0.15, 0.2) is 11.5 Å². The van der Waals surface area contributed by atoms with Crippen LogP contribution in [-0.4, -0.2) is 63.7 Å². The fraction of sp³-hybridized carbons (Fsp3) is 0.462. The summed E-state index contributed by atoms with van der Waals surface area (Å²) in [5.74, 6) is 0.0357. The first-order chi connectivity index (χ1) is 18.0. The maximum atomic E-state index is 13.8. The molecule has 2 aromatic carbocycles. The molecule has 0 saturated carbocycles. The topological polar surface area (TPSA) is 105 Å². The molecule has 0 spiro atoms. The monoisotopic (exact) mass is 585 g/mol. The third-order valence-electron chi connectivity index (χ3n) is 6.05. The van der Waals surface area contributed by atoms with Crippen molar-refractivity contribution in [2.45, 2.75) is 45.7 Å². The number of carbonyl (C=O) groups is 2. The van der Waals surface area contributed by atoms with E-state index in [-0.39, 0.29) is 18.1 Å². The lowest BCUT2D eigenvalue weighted by molar-refractivity contribution is -0.140. The average Bonchev–Trinajstić information content (AvgIpc) is 2.88. The smallest absolute Gasteiger partial charge is 0.244 e. The number of sulfonamides is 1. The summed E-state index contributed by atoms with van der Waals surface area (Å²) in [6, 6.07) is 8.82. The fourth-order valence-electron chi connectivity index (χ4n) is 4.06. The zero-order chi connectivity index (χ0) is 27.9. The Labute approximate surface area is 234 Å². The van der Waals surface area contributed by atoms with E-state index in [9.17, 15) is 18.0 Å². The van der Waals surface area contributed by atoms with Crippen LogP contribution in [0.1, 0.15) is 38.7 Å². The molecule has 0 aliphatic carbocycles. The van der Waals surface area contributed by atoms with Crippen LogP contribution in [0.3, 0.4) is 0 Å². The zero-order valence-electron chi connectivity index (χ0n) is 21.7. The minimum Gasteiger partial charge on any atom is -0.486 e. The molecule has 1 heterocycles. The van der Waals surface area contributed by atoms with Crippen LogP contribution in [0.2, 0.25) is 10.0 Å². The van der Waals surface area contributed by atoms with E-state index < -0.39 is 28.5 Å². The Bertz CT molecular complexity index is 1260. The van der Waals surface area contributed by atoms with Gasteiger partial charge in [-0.25, -0.2) is 8.42 Å². The van der Waals surface area contributed by atoms with E-state index in [4.69, 9.17) is 32.7 Å². The van der Waals surface area contributed by atoms with Crippen molar-refractivity contribution in [2.75, 3.05) is 36.9 Å². The van der Waals surface area contributed by atoms with Gasteiger partial charge in [0, 0.05) is 19.2 Å². The van der Waals surface area contributed by atoms with Gasteiger partial charge in [-0.1, -0.05) is 49.5 Å². The van der Waals surface area contributed by atoms with E-state index in [1.54, 1.807) is 37.3 Å². The van der Waals surface area contributed by atoms with Crippen LogP contribution in [0, 0.1) is 0 Å². The van der Waals surface area contributed by atoms with Gasteiger partial charge in [-0.05, 0) is 42.7 Å². The molecule has 0 radical (unpaired) electrons. The van der Waals surface area contributed by atoms with Gasteiger partial charge in [-0.3, -0.25) is 13.9 Å². The average molecular weight is 587 g/mol. The summed E-state index contributed by atoms with van der Waals surface area (Å²) in [6.45, 7) is 4.54. The highest BCUT2D eigenvalue weighted by atomic mass is 35.5. The van der Waals surface area contributed by atoms with Gasteiger partial charge in [0.2, 0.25) is 21.8 Å². The molecule has 12 heteroatoms. The molecule has 0 saturated heterocycles. The number of hydrogen-bond donors (Lipinski definition) is 1. The lowest BCUT2D eigenvalue weighted by Crippen LogP contribution is -2.52. The Morgan fingerprint density at radius 2 is 1.74 bits per heavy atom. The minimum absolute atomic E-state index is 0.0359. The number of rotatable bonds is 12. The molecule has 38 heavy (non-hydrogen) atoms. The van der Waals surface area contributed by atoms with E-state index in [2.05, 4.69) is 5.32 Å². The fourth-order valence-corrected chi connectivity index (χ4v) is 5.22. The van der Waals surface area contributed by atoms with Crippen molar-refractivity contribution < 1.29 is 27.5 Å². The Kier molecular flexibility index (Phi) is 10.5. The van der Waals surface area contributed by atoms with Crippen molar-refractivity contribution in [1.29, 1.82) is 0 Å². The summed E-state index contributed by atoms with van der Waals surface area (Å²) in [6.07, 6.45) is 3.06. The molecule has 208 valence electrons. The number of fused-ring (bicyclic) bond motifs is 1. The zero-order valence-corrected chi connectivity index (χ0v) is 24.0. The van der Waals surface area contributed by atoms with Crippen molar-refractivity contribution in [3.63, 3.8) is 0 Å². The third kappa shape index (κ3) is 7.68. The number of halogens is 2. The minimum atomic E-state index is -3.88. The number of carbonyl (C=O) groups excluding carboxylic acids is 2. The molecule has 0 bridgehead atoms. The molecular formula is C26H33Cl2N3O6S. The molecule has 2 aromatic rings. The van der Waals surface area contributed by atoms with Crippen LogP contribution in [0.5, 0.6) is 11.5 Å². The number of nitrogens with one attached hydrogen (secondary N) is 1. The normalized spacial score (nSPS) is 13.5. The van der Waals surface area contributed by atoms with Crippen LogP contribution in [0.15, 0.2) is 36.4 Å². The van der Waals surface area contributed by atoms with E-state index in [1.807, 2.05) is 6.92 Å². The molecule has 9 nitrogen and oxygen atoms in total. The quantitative estimate of drug-likeness (QED) is 0.373. The standard InChI is InChI=1S/C26H33Cl2N3O6S/c1-4-6-11-29-26(33)22(5-2)30(16-18-7-9-20(27)21(28)14-18)25(32)17-31(38(3,34)35)19-8-10-23-24(15-19)37-13-12-36-23/h7-10,14-15,22H,4-6,11-13,16-17H2,1-3H3,(H,29,33)/t22-/m1/s1. The van der Waals surface area contributed by atoms with E-state index >= 15 is 0 Å². The third-order valence-corrected chi connectivity index (χ3v) is 7.92. The van der Waals surface area contributed by atoms with E-state index in [1.165, 1.54) is 11.0 Å². The Morgan fingerprint density at radius 3 is 2.37 bits per heavy atom. The second-order valence-electron chi connectivity index (χ2n) is 8.94. The molecule has 0 unspecified atom stereocenters. The van der Waals surface area contributed by atoms with Gasteiger partial charge in [0.25, 0.3) is 0 Å². The van der Waals surface area contributed by atoms with Gasteiger partial charge >= 0.3 is 0 Å². The molecule has 2 amide bonds. The highest BCUT2D eigenvalue weighted by Gasteiger charge is 2.32. The first-order valence-corrected chi connectivity index (χ1v) is 15.0. The Balaban J connectivity index is 1.94. The molecule has 0 fully saturated rings. The SMILES string of the molecule is CCCCNC(=O)[C@@H](CC)N(Cc1ccc(Cl)c(Cl)c1)C(=O)CN(c1ccc2c(c1)OCCO2)S(C)(=O)=O. The summed E-state index contributed by atoms with van der Waals surface area (Å²) in [4.78, 5) is 28.3. The van der Waals surface area contributed by atoms with Crippen LogP contribution in [-0.2, 0) is 26.2 Å². The van der Waals surface area contributed by atoms with Gasteiger partial charge in [-0.15, -0.1) is 0 Å². The predicted octanol–water partition coefficient (Wildman–Crippen LogP) is 4.25. The van der Waals surface area contributed by atoms with Crippen molar-refractivity contribution in [3.8, 4) is 11.5 Å². The lowest BCUT2D eigenvalue weighted by atomic mass is 10.1. The van der Waals surface area contributed by atoms with E-state index in [0.717, 1.165) is 23.4 Å². The molecule has 1 N–H and O–H groups in total. The Hall–Kier alpha value is -2.69. The van der Waals surface area contributed by atoms with Gasteiger partial charge in [-0.2, -0.15) is 0 Å². The molecular weight excluding hydrogens is 553 g/mol.